The second kappa shape index (κ2) is 7.02. The number of nitrogens with one attached hydrogen (secondary N) is 1. The Morgan fingerprint density at radius 1 is 1.42 bits per heavy atom. The number of sulfonamides is 1. The first-order valence-corrected chi connectivity index (χ1v) is 8.47. The fourth-order valence-electron chi connectivity index (χ4n) is 1.54. The van der Waals surface area contributed by atoms with Gasteiger partial charge in [0.2, 0.25) is 15.9 Å². The average molecular weight is 349 g/mol. The lowest BCUT2D eigenvalue weighted by atomic mass is 10.3. The van der Waals surface area contributed by atoms with Crippen LogP contribution < -0.4 is 5.32 Å². The van der Waals surface area contributed by atoms with Gasteiger partial charge in [0.25, 0.3) is 0 Å². The SMILES string of the molecule is CCCN(CC(=O)Nc1cccc(Br)c1)S(C)(=O)=O. The third-order valence-corrected chi connectivity index (χ3v) is 4.11. The largest absolute Gasteiger partial charge is 0.325 e. The van der Waals surface area contributed by atoms with Crippen LogP contribution in [-0.4, -0.2) is 38.0 Å². The second-order valence-corrected chi connectivity index (χ2v) is 7.05. The summed E-state index contributed by atoms with van der Waals surface area (Å²) in [5.74, 6) is -0.350. The normalized spacial score (nSPS) is 11.6. The van der Waals surface area contributed by atoms with E-state index in [1.165, 1.54) is 4.31 Å². The molecular weight excluding hydrogens is 332 g/mol. The molecule has 1 rings (SSSR count). The van der Waals surface area contributed by atoms with Crippen LogP contribution in [0.3, 0.4) is 0 Å². The first kappa shape index (κ1) is 16.1. The fourth-order valence-corrected chi connectivity index (χ4v) is 2.80. The molecule has 0 aromatic heterocycles. The zero-order valence-corrected chi connectivity index (χ0v) is 13.3. The van der Waals surface area contributed by atoms with Gasteiger partial charge in [0.15, 0.2) is 0 Å². The minimum absolute atomic E-state index is 0.167. The summed E-state index contributed by atoms with van der Waals surface area (Å²) in [6.07, 6.45) is 1.77. The van der Waals surface area contributed by atoms with E-state index >= 15 is 0 Å². The number of hydrogen-bond donors (Lipinski definition) is 1. The minimum atomic E-state index is -3.36. The van der Waals surface area contributed by atoms with Crippen LogP contribution in [0.15, 0.2) is 28.7 Å². The van der Waals surface area contributed by atoms with Gasteiger partial charge in [0.05, 0.1) is 12.8 Å². The zero-order chi connectivity index (χ0) is 14.5. The Morgan fingerprint density at radius 3 is 2.63 bits per heavy atom. The van der Waals surface area contributed by atoms with E-state index in [1.54, 1.807) is 18.2 Å². The highest BCUT2D eigenvalue weighted by atomic mass is 79.9. The van der Waals surface area contributed by atoms with E-state index in [0.29, 0.717) is 18.7 Å². The number of carbonyl (C=O) groups excluding carboxylic acids is 1. The molecule has 0 aliphatic heterocycles. The number of carbonyl (C=O) groups is 1. The highest BCUT2D eigenvalue weighted by molar-refractivity contribution is 9.10. The molecular formula is C12H17BrN2O3S. The maximum absolute atomic E-state index is 11.8. The molecule has 1 amide bonds. The van der Waals surface area contributed by atoms with E-state index in [1.807, 2.05) is 13.0 Å². The van der Waals surface area contributed by atoms with Gasteiger partial charge < -0.3 is 5.32 Å². The second-order valence-electron chi connectivity index (χ2n) is 4.16. The van der Waals surface area contributed by atoms with Gasteiger partial charge in [-0.05, 0) is 24.6 Å². The summed E-state index contributed by atoms with van der Waals surface area (Å²) in [5, 5.41) is 2.67. The summed E-state index contributed by atoms with van der Waals surface area (Å²) in [5.41, 5.74) is 0.629. The van der Waals surface area contributed by atoms with Crippen molar-refractivity contribution >= 4 is 37.5 Å². The van der Waals surface area contributed by atoms with Gasteiger partial charge in [0.1, 0.15) is 0 Å². The Hall–Kier alpha value is -0.920. The van der Waals surface area contributed by atoms with Crippen LogP contribution in [0.2, 0.25) is 0 Å². The van der Waals surface area contributed by atoms with Gasteiger partial charge in [-0.3, -0.25) is 4.79 Å². The molecule has 19 heavy (non-hydrogen) atoms. The summed E-state index contributed by atoms with van der Waals surface area (Å²) in [6.45, 7) is 2.04. The van der Waals surface area contributed by atoms with Crippen LogP contribution in [0.25, 0.3) is 0 Å². The highest BCUT2D eigenvalue weighted by Crippen LogP contribution is 2.15. The summed E-state index contributed by atoms with van der Waals surface area (Å²) in [4.78, 5) is 11.8. The third kappa shape index (κ3) is 5.71. The van der Waals surface area contributed by atoms with Crippen molar-refractivity contribution in [3.05, 3.63) is 28.7 Å². The predicted molar refractivity (Wildman–Crippen MR) is 79.5 cm³/mol. The molecule has 5 nitrogen and oxygen atoms in total. The molecule has 0 saturated heterocycles. The number of hydrogen-bond acceptors (Lipinski definition) is 3. The lowest BCUT2D eigenvalue weighted by Gasteiger charge is -2.18. The molecule has 0 aliphatic carbocycles. The highest BCUT2D eigenvalue weighted by Gasteiger charge is 2.19. The quantitative estimate of drug-likeness (QED) is 0.855. The Labute approximate surface area is 122 Å². The van der Waals surface area contributed by atoms with E-state index in [9.17, 15) is 13.2 Å². The molecule has 106 valence electrons. The molecule has 1 aromatic rings. The Balaban J connectivity index is 2.68. The lowest BCUT2D eigenvalue weighted by molar-refractivity contribution is -0.116. The van der Waals surface area contributed by atoms with E-state index in [4.69, 9.17) is 0 Å². The third-order valence-electron chi connectivity index (χ3n) is 2.37. The molecule has 0 atom stereocenters. The van der Waals surface area contributed by atoms with Crippen LogP contribution in [-0.2, 0) is 14.8 Å². The van der Waals surface area contributed by atoms with E-state index in [2.05, 4.69) is 21.2 Å². The predicted octanol–water partition coefficient (Wildman–Crippen LogP) is 2.06. The van der Waals surface area contributed by atoms with Crippen LogP contribution in [0.1, 0.15) is 13.3 Å². The maximum Gasteiger partial charge on any atom is 0.239 e. The molecule has 0 bridgehead atoms. The Kier molecular flexibility index (Phi) is 5.96. The van der Waals surface area contributed by atoms with Crippen LogP contribution in [0.5, 0.6) is 0 Å². The van der Waals surface area contributed by atoms with Crippen molar-refractivity contribution in [3.63, 3.8) is 0 Å². The van der Waals surface area contributed by atoms with Crippen molar-refractivity contribution in [1.82, 2.24) is 4.31 Å². The molecule has 0 unspecified atom stereocenters. The first-order valence-electron chi connectivity index (χ1n) is 5.83. The van der Waals surface area contributed by atoms with Gasteiger partial charge in [-0.15, -0.1) is 0 Å². The Bertz CT molecular complexity index is 546. The van der Waals surface area contributed by atoms with Gasteiger partial charge in [-0.2, -0.15) is 4.31 Å². The van der Waals surface area contributed by atoms with Gasteiger partial charge in [-0.25, -0.2) is 8.42 Å². The van der Waals surface area contributed by atoms with Crippen LogP contribution in [0, 0.1) is 0 Å². The number of halogens is 1. The molecule has 0 spiro atoms. The monoisotopic (exact) mass is 348 g/mol. The number of rotatable bonds is 6. The molecule has 0 saturated carbocycles. The van der Waals surface area contributed by atoms with Crippen molar-refractivity contribution in [3.8, 4) is 0 Å². The van der Waals surface area contributed by atoms with Crippen LogP contribution >= 0.6 is 15.9 Å². The fraction of sp³-hybridized carbons (Fsp3) is 0.417. The smallest absolute Gasteiger partial charge is 0.239 e. The van der Waals surface area contributed by atoms with Crippen molar-refractivity contribution in [2.24, 2.45) is 0 Å². The van der Waals surface area contributed by atoms with Crippen molar-refractivity contribution in [2.75, 3.05) is 24.7 Å². The molecule has 0 fully saturated rings. The summed E-state index contributed by atoms with van der Waals surface area (Å²) < 4.78 is 25.0. The summed E-state index contributed by atoms with van der Waals surface area (Å²) >= 11 is 3.30. The maximum atomic E-state index is 11.8. The molecule has 0 heterocycles. The molecule has 1 aromatic carbocycles. The molecule has 0 radical (unpaired) electrons. The van der Waals surface area contributed by atoms with E-state index in [0.717, 1.165) is 10.7 Å². The minimum Gasteiger partial charge on any atom is -0.325 e. The first-order chi connectivity index (χ1) is 8.82. The van der Waals surface area contributed by atoms with Crippen molar-refractivity contribution in [1.29, 1.82) is 0 Å². The van der Waals surface area contributed by atoms with E-state index in [-0.39, 0.29) is 12.5 Å². The number of benzene rings is 1. The standard InChI is InChI=1S/C12H17BrN2O3S/c1-3-7-15(19(2,17)18)9-12(16)14-11-6-4-5-10(13)8-11/h4-6,8H,3,7,9H2,1-2H3,(H,14,16). The summed E-state index contributed by atoms with van der Waals surface area (Å²) in [7, 11) is -3.36. The zero-order valence-electron chi connectivity index (χ0n) is 10.9. The number of anilines is 1. The number of amides is 1. The van der Waals surface area contributed by atoms with Crippen molar-refractivity contribution < 1.29 is 13.2 Å². The van der Waals surface area contributed by atoms with Gasteiger partial charge in [-0.1, -0.05) is 28.9 Å². The molecule has 0 aliphatic rings. The molecule has 1 N–H and O–H groups in total. The topological polar surface area (TPSA) is 66.5 Å². The Morgan fingerprint density at radius 2 is 2.11 bits per heavy atom. The van der Waals surface area contributed by atoms with Gasteiger partial charge in [0, 0.05) is 16.7 Å². The average Bonchev–Trinajstić information content (AvgIpc) is 2.27. The van der Waals surface area contributed by atoms with Crippen LogP contribution in [0.4, 0.5) is 5.69 Å². The summed E-state index contributed by atoms with van der Waals surface area (Å²) in [6, 6.07) is 7.13. The van der Waals surface area contributed by atoms with Gasteiger partial charge >= 0.3 is 0 Å². The lowest BCUT2D eigenvalue weighted by Crippen LogP contribution is -2.37. The van der Waals surface area contributed by atoms with E-state index < -0.39 is 10.0 Å². The number of nitrogens with zero attached hydrogens (tertiary/aromatic N) is 1. The molecule has 7 heteroatoms. The van der Waals surface area contributed by atoms with Crippen molar-refractivity contribution in [2.45, 2.75) is 13.3 Å².